The quantitative estimate of drug-likeness (QED) is 0.738. The van der Waals surface area contributed by atoms with Gasteiger partial charge in [-0.15, -0.1) is 0 Å². The number of para-hydroxylation sites is 4. The van der Waals surface area contributed by atoms with Gasteiger partial charge in [-0.25, -0.2) is 4.98 Å². The molecule has 0 spiro atoms. The van der Waals surface area contributed by atoms with Gasteiger partial charge in [0.2, 0.25) is 5.91 Å². The first-order chi connectivity index (χ1) is 12.5. The summed E-state index contributed by atoms with van der Waals surface area (Å²) in [6, 6.07) is 14.4. The predicted molar refractivity (Wildman–Crippen MR) is 101 cm³/mol. The zero-order valence-electron chi connectivity index (χ0n) is 14.6. The van der Waals surface area contributed by atoms with E-state index in [2.05, 4.69) is 20.6 Å². The molecule has 7 nitrogen and oxygen atoms in total. The van der Waals surface area contributed by atoms with Crippen LogP contribution in [0, 0.1) is 0 Å². The molecule has 2 N–H and O–H groups in total. The molecule has 0 aliphatic heterocycles. The lowest BCUT2D eigenvalue weighted by Crippen LogP contribution is -2.27. The molecule has 3 rings (SSSR count). The molecule has 3 aromatic rings. The average Bonchev–Trinajstić information content (AvgIpc) is 2.62. The van der Waals surface area contributed by atoms with Crippen LogP contribution in [-0.4, -0.2) is 47.3 Å². The van der Waals surface area contributed by atoms with Crippen molar-refractivity contribution in [3.63, 3.8) is 0 Å². The summed E-state index contributed by atoms with van der Waals surface area (Å²) in [7, 11) is 3.62. The predicted octanol–water partition coefficient (Wildman–Crippen LogP) is 2.38. The molecule has 2 amide bonds. The second-order valence-electron chi connectivity index (χ2n) is 6.03. The van der Waals surface area contributed by atoms with Crippen LogP contribution in [0.2, 0.25) is 0 Å². The summed E-state index contributed by atoms with van der Waals surface area (Å²) < 4.78 is 0. The average molecular weight is 349 g/mol. The van der Waals surface area contributed by atoms with Crippen molar-refractivity contribution in [2.24, 2.45) is 0 Å². The summed E-state index contributed by atoms with van der Waals surface area (Å²) in [5.41, 5.74) is 2.60. The minimum Gasteiger partial charge on any atom is -0.323 e. The number of rotatable bonds is 5. The summed E-state index contributed by atoms with van der Waals surface area (Å²) in [6.07, 6.45) is 1.44. The Morgan fingerprint density at radius 1 is 0.923 bits per heavy atom. The molecular formula is C19H19N5O2. The highest BCUT2D eigenvalue weighted by Gasteiger charge is 2.13. The zero-order chi connectivity index (χ0) is 18.5. The van der Waals surface area contributed by atoms with E-state index >= 15 is 0 Å². The third-order valence-corrected chi connectivity index (χ3v) is 3.59. The van der Waals surface area contributed by atoms with Crippen molar-refractivity contribution >= 4 is 34.2 Å². The summed E-state index contributed by atoms with van der Waals surface area (Å²) in [4.78, 5) is 34.9. The van der Waals surface area contributed by atoms with Crippen molar-refractivity contribution in [2.45, 2.75) is 0 Å². The van der Waals surface area contributed by atoms with Gasteiger partial charge in [0.05, 0.1) is 35.1 Å². The van der Waals surface area contributed by atoms with Gasteiger partial charge in [-0.2, -0.15) is 0 Å². The molecule has 0 bridgehead atoms. The van der Waals surface area contributed by atoms with E-state index in [1.165, 1.54) is 6.20 Å². The van der Waals surface area contributed by atoms with Gasteiger partial charge in [-0.05, 0) is 38.4 Å². The van der Waals surface area contributed by atoms with Crippen LogP contribution in [0.1, 0.15) is 10.5 Å². The Morgan fingerprint density at radius 3 is 2.23 bits per heavy atom. The van der Waals surface area contributed by atoms with Gasteiger partial charge in [-0.3, -0.25) is 14.6 Å². The van der Waals surface area contributed by atoms with Crippen molar-refractivity contribution in [3.8, 4) is 0 Å². The number of hydrogen-bond acceptors (Lipinski definition) is 5. The molecule has 0 radical (unpaired) electrons. The number of nitrogens with one attached hydrogen (secondary N) is 2. The van der Waals surface area contributed by atoms with Crippen LogP contribution < -0.4 is 10.6 Å². The zero-order valence-corrected chi connectivity index (χ0v) is 14.6. The third-order valence-electron chi connectivity index (χ3n) is 3.59. The van der Waals surface area contributed by atoms with Crippen LogP contribution in [-0.2, 0) is 4.79 Å². The number of benzene rings is 2. The van der Waals surface area contributed by atoms with E-state index in [0.29, 0.717) is 16.9 Å². The number of likely N-dealkylation sites (N-methyl/N-ethyl adjacent to an activating group) is 1. The molecule has 7 heteroatoms. The molecule has 1 aromatic heterocycles. The van der Waals surface area contributed by atoms with E-state index in [4.69, 9.17) is 0 Å². The summed E-state index contributed by atoms with van der Waals surface area (Å²) in [5.74, 6) is -0.556. The molecule has 0 aliphatic rings. The molecule has 0 atom stereocenters. The maximum Gasteiger partial charge on any atom is 0.275 e. The molecule has 132 valence electrons. The number of hydrogen-bond donors (Lipinski definition) is 2. The van der Waals surface area contributed by atoms with Crippen molar-refractivity contribution in [1.82, 2.24) is 14.9 Å². The van der Waals surface area contributed by atoms with Gasteiger partial charge < -0.3 is 15.5 Å². The Morgan fingerprint density at radius 2 is 1.54 bits per heavy atom. The van der Waals surface area contributed by atoms with Gasteiger partial charge in [0.15, 0.2) is 0 Å². The molecule has 0 saturated heterocycles. The molecule has 0 unspecified atom stereocenters. The topological polar surface area (TPSA) is 87.2 Å². The van der Waals surface area contributed by atoms with Crippen molar-refractivity contribution < 1.29 is 9.59 Å². The first-order valence-electron chi connectivity index (χ1n) is 8.09. The highest BCUT2D eigenvalue weighted by molar-refractivity contribution is 6.06. The molecule has 0 fully saturated rings. The second kappa shape index (κ2) is 7.71. The van der Waals surface area contributed by atoms with E-state index in [1.807, 2.05) is 32.3 Å². The van der Waals surface area contributed by atoms with Crippen LogP contribution in [0.4, 0.5) is 11.4 Å². The highest BCUT2D eigenvalue weighted by atomic mass is 16.2. The van der Waals surface area contributed by atoms with Gasteiger partial charge in [0.1, 0.15) is 5.69 Å². The molecule has 26 heavy (non-hydrogen) atoms. The fourth-order valence-corrected chi connectivity index (χ4v) is 2.43. The molecule has 1 heterocycles. The Bertz CT molecular complexity index is 955. The van der Waals surface area contributed by atoms with Gasteiger partial charge >= 0.3 is 0 Å². The smallest absolute Gasteiger partial charge is 0.275 e. The third kappa shape index (κ3) is 4.20. The number of nitrogens with zero attached hydrogens (tertiary/aromatic N) is 3. The summed E-state index contributed by atoms with van der Waals surface area (Å²) in [5, 5.41) is 5.58. The van der Waals surface area contributed by atoms with Gasteiger partial charge in [-0.1, -0.05) is 24.3 Å². The maximum atomic E-state index is 12.5. The first kappa shape index (κ1) is 17.5. The Labute approximate surface area is 151 Å². The van der Waals surface area contributed by atoms with Gasteiger partial charge in [0, 0.05) is 0 Å². The number of amides is 2. The number of carbonyl (C=O) groups excluding carboxylic acids is 2. The van der Waals surface area contributed by atoms with Crippen LogP contribution in [0.3, 0.4) is 0 Å². The normalized spacial score (nSPS) is 10.7. The monoisotopic (exact) mass is 349 g/mol. The van der Waals surface area contributed by atoms with Crippen molar-refractivity contribution in [2.75, 3.05) is 31.3 Å². The number of anilines is 2. The van der Waals surface area contributed by atoms with Crippen LogP contribution in [0.25, 0.3) is 11.0 Å². The molecule has 0 saturated carbocycles. The molecular weight excluding hydrogens is 330 g/mol. The molecule has 0 aliphatic carbocycles. The second-order valence-corrected chi connectivity index (χ2v) is 6.03. The lowest BCUT2D eigenvalue weighted by molar-refractivity contribution is -0.116. The van der Waals surface area contributed by atoms with Gasteiger partial charge in [0.25, 0.3) is 5.91 Å². The highest BCUT2D eigenvalue weighted by Crippen LogP contribution is 2.21. The maximum absolute atomic E-state index is 12.5. The van der Waals surface area contributed by atoms with Crippen LogP contribution in [0.5, 0.6) is 0 Å². The van der Waals surface area contributed by atoms with Crippen molar-refractivity contribution in [3.05, 3.63) is 60.4 Å². The Balaban J connectivity index is 1.79. The number of fused-ring (bicyclic) bond motifs is 1. The molecule has 2 aromatic carbocycles. The minimum absolute atomic E-state index is 0.165. The first-order valence-corrected chi connectivity index (χ1v) is 8.09. The van der Waals surface area contributed by atoms with E-state index in [0.717, 1.165) is 5.52 Å². The number of carbonyl (C=O) groups is 2. The largest absolute Gasteiger partial charge is 0.323 e. The SMILES string of the molecule is CN(C)CC(=O)Nc1ccccc1NC(=O)c1cnc2ccccc2n1. The Hall–Kier alpha value is -3.32. The lowest BCUT2D eigenvalue weighted by Gasteiger charge is -2.14. The fraction of sp³-hybridized carbons (Fsp3) is 0.158. The summed E-state index contributed by atoms with van der Waals surface area (Å²) in [6.45, 7) is 0.248. The minimum atomic E-state index is -0.391. The summed E-state index contributed by atoms with van der Waals surface area (Å²) >= 11 is 0. The van der Waals surface area contributed by atoms with E-state index in [-0.39, 0.29) is 18.1 Å². The van der Waals surface area contributed by atoms with E-state index < -0.39 is 5.91 Å². The number of aromatic nitrogens is 2. The van der Waals surface area contributed by atoms with E-state index in [1.54, 1.807) is 35.2 Å². The fourth-order valence-electron chi connectivity index (χ4n) is 2.43. The van der Waals surface area contributed by atoms with Crippen LogP contribution >= 0.6 is 0 Å². The Kier molecular flexibility index (Phi) is 5.19. The van der Waals surface area contributed by atoms with Crippen molar-refractivity contribution in [1.29, 1.82) is 0 Å². The standard InChI is InChI=1S/C19H19N5O2/c1-24(2)12-18(25)22-15-9-5-6-10-16(15)23-19(26)17-11-20-13-7-3-4-8-14(13)21-17/h3-11H,12H2,1-2H3,(H,22,25)(H,23,26). The van der Waals surface area contributed by atoms with E-state index in [9.17, 15) is 9.59 Å². The lowest BCUT2D eigenvalue weighted by atomic mass is 10.2. The van der Waals surface area contributed by atoms with Crippen LogP contribution in [0.15, 0.2) is 54.7 Å².